The number of aromatic nitrogens is 2. The van der Waals surface area contributed by atoms with Crippen LogP contribution >= 0.6 is 11.6 Å². The molecule has 3 aromatic rings. The van der Waals surface area contributed by atoms with E-state index in [9.17, 15) is 4.79 Å². The summed E-state index contributed by atoms with van der Waals surface area (Å²) < 4.78 is 42.2. The highest BCUT2D eigenvalue weighted by Gasteiger charge is 2.33. The molecule has 1 aliphatic carbocycles. The Hall–Kier alpha value is -4.68. The minimum Gasteiger partial charge on any atom is -0.468 e. The Labute approximate surface area is 296 Å². The molecule has 0 spiro atoms. The van der Waals surface area contributed by atoms with Crippen LogP contribution in [0.25, 0.3) is 28.0 Å². The molecule has 0 atom stereocenters. The maximum absolute atomic E-state index is 15.7. The smallest absolute Gasteiger partial charge is 0.272 e. The molecule has 1 aliphatic heterocycles. The summed E-state index contributed by atoms with van der Waals surface area (Å²) in [5.74, 6) is -0.830. The van der Waals surface area contributed by atoms with Crippen molar-refractivity contribution in [2.45, 2.75) is 46.6 Å². The van der Waals surface area contributed by atoms with Crippen molar-refractivity contribution in [3.63, 3.8) is 0 Å². The number of ether oxygens (including phenoxy) is 2. The molecular weight excluding hydrogens is 664 g/mol. The number of allylic oxidation sites excluding steroid dienone is 3. The summed E-state index contributed by atoms with van der Waals surface area (Å²) in [5, 5.41) is 1.52. The number of aliphatic imine (C=N–C) groups is 2. The Balaban J connectivity index is 1.77. The topological polar surface area (TPSA) is 119 Å². The van der Waals surface area contributed by atoms with E-state index in [1.807, 2.05) is 56.9 Å². The predicted octanol–water partition coefficient (Wildman–Crippen LogP) is 6.65. The Bertz CT molecular complexity index is 1990. The first kappa shape index (κ1) is 36.6. The number of carbonyl (C=O) groups excluding carboxylic acids is 1. The van der Waals surface area contributed by atoms with Crippen LogP contribution in [0.1, 0.15) is 56.5 Å². The second-order valence-corrected chi connectivity index (χ2v) is 12.8. The van der Waals surface area contributed by atoms with Gasteiger partial charge in [-0.3, -0.25) is 14.8 Å². The van der Waals surface area contributed by atoms with E-state index in [-0.39, 0.29) is 36.2 Å². The fraction of sp³-hybridized carbons (Fsp3) is 0.378. The van der Waals surface area contributed by atoms with Gasteiger partial charge in [-0.2, -0.15) is 4.98 Å². The molecule has 13 heteroatoms. The summed E-state index contributed by atoms with van der Waals surface area (Å²) in [6.45, 7) is 8.58. The third-order valence-electron chi connectivity index (χ3n) is 8.41. The molecule has 0 bridgehead atoms. The zero-order chi connectivity index (χ0) is 36.3. The molecule has 0 saturated heterocycles. The molecule has 2 heterocycles. The molecule has 1 amide bonds. The number of carbonyl (C=O) groups is 1. The van der Waals surface area contributed by atoms with Crippen molar-refractivity contribution in [3.05, 3.63) is 75.4 Å². The van der Waals surface area contributed by atoms with Crippen LogP contribution in [-0.2, 0) is 16.0 Å². The number of halogens is 3. The first-order valence-corrected chi connectivity index (χ1v) is 16.8. The fourth-order valence-corrected chi connectivity index (χ4v) is 6.41. The molecule has 264 valence electrons. The first-order chi connectivity index (χ1) is 23.9. The van der Waals surface area contributed by atoms with E-state index in [1.165, 1.54) is 25.1 Å². The predicted molar refractivity (Wildman–Crippen MR) is 197 cm³/mol. The molecule has 0 saturated carbocycles. The Morgan fingerprint density at radius 3 is 2.66 bits per heavy atom. The number of amides is 1. The monoisotopic (exact) mass is 705 g/mol. The van der Waals surface area contributed by atoms with Gasteiger partial charge in [-0.1, -0.05) is 19.1 Å². The molecule has 2 aliphatic rings. The van der Waals surface area contributed by atoms with E-state index in [4.69, 9.17) is 31.8 Å². The van der Waals surface area contributed by atoms with E-state index in [0.717, 1.165) is 16.3 Å². The highest BCUT2D eigenvalue weighted by Crippen LogP contribution is 2.44. The number of fused-ring (bicyclic) bond motifs is 2. The van der Waals surface area contributed by atoms with Crippen molar-refractivity contribution in [1.29, 1.82) is 0 Å². The molecular formula is C37H42ClF2N7O3. The van der Waals surface area contributed by atoms with Crippen LogP contribution in [0.2, 0.25) is 5.28 Å². The van der Waals surface area contributed by atoms with Gasteiger partial charge in [-0.15, -0.1) is 0 Å². The van der Waals surface area contributed by atoms with Crippen molar-refractivity contribution in [2.24, 2.45) is 15.7 Å². The number of methoxy groups -OCH3 is 1. The first-order valence-electron chi connectivity index (χ1n) is 16.5. The van der Waals surface area contributed by atoms with Crippen LogP contribution in [0.5, 0.6) is 5.75 Å². The summed E-state index contributed by atoms with van der Waals surface area (Å²) >= 11 is 6.62. The summed E-state index contributed by atoms with van der Waals surface area (Å²) in [4.78, 5) is 34.5. The number of hydrogen-bond acceptors (Lipinski definition) is 9. The number of rotatable bonds is 9. The van der Waals surface area contributed by atoms with Crippen LogP contribution in [0.15, 0.2) is 51.9 Å². The van der Waals surface area contributed by atoms with Crippen LogP contribution in [-0.4, -0.2) is 85.9 Å². The minimum atomic E-state index is -0.874. The van der Waals surface area contributed by atoms with Crippen LogP contribution in [0.3, 0.4) is 0 Å². The maximum Gasteiger partial charge on any atom is 0.272 e. The highest BCUT2D eigenvalue weighted by molar-refractivity contribution is 6.50. The molecule has 2 aromatic carbocycles. The summed E-state index contributed by atoms with van der Waals surface area (Å²) in [6.07, 6.45) is 4.86. The number of nitrogens with zero attached hydrogens (tertiary/aromatic N) is 6. The molecule has 0 fully saturated rings. The van der Waals surface area contributed by atoms with E-state index >= 15 is 8.78 Å². The molecule has 1 aromatic heterocycles. The number of hydrogen-bond donors (Lipinski definition) is 1. The second-order valence-electron chi connectivity index (χ2n) is 12.4. The third-order valence-corrected chi connectivity index (χ3v) is 8.58. The molecule has 0 radical (unpaired) electrons. The highest BCUT2D eigenvalue weighted by atomic mass is 35.5. The largest absolute Gasteiger partial charge is 0.468 e. The maximum atomic E-state index is 15.7. The Kier molecular flexibility index (Phi) is 11.3. The number of nitrogens with two attached hydrogens (primary N) is 1. The van der Waals surface area contributed by atoms with Crippen molar-refractivity contribution in [1.82, 2.24) is 14.9 Å². The molecule has 5 rings (SSSR count). The van der Waals surface area contributed by atoms with Crippen LogP contribution < -0.4 is 15.4 Å². The van der Waals surface area contributed by atoms with E-state index in [2.05, 4.69) is 15.0 Å². The average molecular weight is 706 g/mol. The van der Waals surface area contributed by atoms with Gasteiger partial charge in [0.1, 0.15) is 23.1 Å². The lowest BCUT2D eigenvalue weighted by molar-refractivity contribution is -0.124. The van der Waals surface area contributed by atoms with Gasteiger partial charge in [0.25, 0.3) is 5.91 Å². The fourth-order valence-electron chi connectivity index (χ4n) is 6.23. The lowest BCUT2D eigenvalue weighted by atomic mass is 9.82. The van der Waals surface area contributed by atoms with Gasteiger partial charge in [0.2, 0.25) is 5.28 Å². The summed E-state index contributed by atoms with van der Waals surface area (Å²) in [6, 6.07) is 6.82. The zero-order valence-corrected chi connectivity index (χ0v) is 30.2. The van der Waals surface area contributed by atoms with E-state index < -0.39 is 17.4 Å². The van der Waals surface area contributed by atoms with Crippen molar-refractivity contribution >= 4 is 62.7 Å². The minimum absolute atomic E-state index is 0.0140. The number of anilines is 1. The summed E-state index contributed by atoms with van der Waals surface area (Å²) in [7, 11) is 4.55. The SMILES string of the molecule is C/C=C1\C(=NC(C)C)C(c2cc(OCOC)cc3ccc(F)c(CC)c23)=Cc2nc(Cl)nc(N3CCCN=C(/C(F)=C(\N)C(=O)N(C)C)C3)c21. The Morgan fingerprint density at radius 2 is 2.00 bits per heavy atom. The lowest BCUT2D eigenvalue weighted by Crippen LogP contribution is -2.34. The quantitative estimate of drug-likeness (QED) is 0.150. The zero-order valence-electron chi connectivity index (χ0n) is 29.4. The normalized spacial score (nSPS) is 17.1. The molecule has 0 unspecified atom stereocenters. The molecule has 2 N–H and O–H groups in total. The van der Waals surface area contributed by atoms with Crippen molar-refractivity contribution < 1.29 is 23.0 Å². The third kappa shape index (κ3) is 7.27. The standard InChI is InChI=1S/C37H42ClF2N7O3/c1-8-23-27(39)12-11-21-15-22(50-19-49-7)16-25(30(21)23)26-17-28-31(24(9-2)34(26)43-20(3)4)35(45-37(38)44-28)47-14-10-13-42-29(18-47)32(40)33(41)36(48)46(5)6/h9,11-12,15-17,20H,8,10,13-14,18-19,41H2,1-7H3/b24-9-,33-32+,43-34?. The van der Waals surface area contributed by atoms with E-state index in [0.29, 0.717) is 71.2 Å². The van der Waals surface area contributed by atoms with Crippen molar-refractivity contribution in [3.8, 4) is 5.75 Å². The van der Waals surface area contributed by atoms with Crippen molar-refractivity contribution in [2.75, 3.05) is 52.5 Å². The molecule has 50 heavy (non-hydrogen) atoms. The number of aryl methyl sites for hydroxylation is 1. The van der Waals surface area contributed by atoms with Gasteiger partial charge in [0.05, 0.1) is 29.2 Å². The van der Waals surface area contributed by atoms with Gasteiger partial charge < -0.3 is 25.0 Å². The second kappa shape index (κ2) is 15.5. The van der Waals surface area contributed by atoms with Gasteiger partial charge in [0.15, 0.2) is 12.6 Å². The number of benzene rings is 2. The Morgan fingerprint density at radius 1 is 1.24 bits per heavy atom. The van der Waals surface area contributed by atoms with Crippen LogP contribution in [0.4, 0.5) is 14.6 Å². The van der Waals surface area contributed by atoms with Gasteiger partial charge in [-0.05, 0) is 91.4 Å². The summed E-state index contributed by atoms with van der Waals surface area (Å²) in [5.41, 5.74) is 9.99. The lowest BCUT2D eigenvalue weighted by Gasteiger charge is -2.30. The number of likely N-dealkylation sites (N-methyl/N-ethyl adjacent to an activating group) is 1. The average Bonchev–Trinajstić information content (AvgIpc) is 3.35. The molecule has 10 nitrogen and oxygen atoms in total. The van der Waals surface area contributed by atoms with Gasteiger partial charge >= 0.3 is 0 Å². The van der Waals surface area contributed by atoms with Gasteiger partial charge in [0, 0.05) is 51.5 Å². The van der Waals surface area contributed by atoms with E-state index in [1.54, 1.807) is 13.2 Å². The van der Waals surface area contributed by atoms with Crippen LogP contribution in [0, 0.1) is 5.82 Å². The van der Waals surface area contributed by atoms with Gasteiger partial charge in [-0.25, -0.2) is 13.8 Å².